The zero-order valence-electron chi connectivity index (χ0n) is 15.6. The first kappa shape index (κ1) is 17.8. The van der Waals surface area contributed by atoms with Gasteiger partial charge in [-0.15, -0.1) is 4.58 Å². The van der Waals surface area contributed by atoms with Crippen LogP contribution in [0.3, 0.4) is 0 Å². The quantitative estimate of drug-likeness (QED) is 0.604. The summed E-state index contributed by atoms with van der Waals surface area (Å²) < 4.78 is 7.19. The number of benzene rings is 2. The van der Waals surface area contributed by atoms with Crippen molar-refractivity contribution in [3.8, 4) is 0 Å². The van der Waals surface area contributed by atoms with E-state index in [1.807, 2.05) is 38.3 Å². The number of carbonyl (C=O) groups is 1. The van der Waals surface area contributed by atoms with Crippen molar-refractivity contribution < 1.29 is 14.1 Å². The summed E-state index contributed by atoms with van der Waals surface area (Å²) in [6, 6.07) is 13.8. The number of aryl methyl sites for hydroxylation is 1. The minimum Gasteiger partial charge on any atom is -0.409 e. The Labute approximate surface area is 163 Å². The summed E-state index contributed by atoms with van der Waals surface area (Å²) in [7, 11) is 0. The predicted octanol–water partition coefficient (Wildman–Crippen LogP) is 5.40. The van der Waals surface area contributed by atoms with E-state index in [-0.39, 0.29) is 18.2 Å². The Morgan fingerprint density at radius 3 is 2.67 bits per heavy atom. The molecule has 138 valence electrons. The van der Waals surface area contributed by atoms with E-state index < -0.39 is 0 Å². The lowest BCUT2D eigenvalue weighted by Crippen LogP contribution is -2.33. The fourth-order valence-electron chi connectivity index (χ4n) is 3.65. The molecule has 0 bridgehead atoms. The second-order valence-corrected chi connectivity index (χ2v) is 7.68. The molecule has 0 aliphatic carbocycles. The van der Waals surface area contributed by atoms with Crippen LogP contribution in [0.25, 0.3) is 10.9 Å². The molecular formula is C22H22ClN2O2+. The van der Waals surface area contributed by atoms with Crippen molar-refractivity contribution in [2.24, 2.45) is 0 Å². The molecule has 1 atom stereocenters. The molecule has 4 rings (SSSR count). The average Bonchev–Trinajstić information content (AvgIpc) is 2.99. The lowest BCUT2D eigenvalue weighted by atomic mass is 9.94. The molecule has 0 saturated carbocycles. The first-order valence-corrected chi connectivity index (χ1v) is 9.50. The molecule has 27 heavy (non-hydrogen) atoms. The number of amides is 1. The molecule has 0 spiro atoms. The minimum absolute atomic E-state index is 0.174. The van der Waals surface area contributed by atoms with Crippen molar-refractivity contribution in [2.75, 3.05) is 0 Å². The van der Waals surface area contributed by atoms with Crippen molar-refractivity contribution in [1.82, 2.24) is 4.98 Å². The van der Waals surface area contributed by atoms with E-state index in [0.717, 1.165) is 22.2 Å². The van der Waals surface area contributed by atoms with Crippen LogP contribution in [0.2, 0.25) is 5.02 Å². The molecule has 1 amide bonds. The molecule has 1 aliphatic rings. The number of hydrogen-bond acceptors (Lipinski definition) is 2. The fraction of sp³-hybridized carbons (Fsp3) is 0.273. The lowest BCUT2D eigenvalue weighted by Gasteiger charge is -2.19. The summed E-state index contributed by atoms with van der Waals surface area (Å²) in [5.74, 6) is 0. The number of ether oxygens (including phenoxy) is 1. The van der Waals surface area contributed by atoms with E-state index in [9.17, 15) is 4.79 Å². The van der Waals surface area contributed by atoms with Crippen LogP contribution < -0.4 is 0 Å². The number of hydrogen-bond donors (Lipinski definition) is 1. The summed E-state index contributed by atoms with van der Waals surface area (Å²) >= 11 is 6.22. The molecule has 2 aromatic carbocycles. The van der Waals surface area contributed by atoms with Gasteiger partial charge in [-0.2, -0.15) is 4.79 Å². The first-order valence-electron chi connectivity index (χ1n) is 9.13. The summed E-state index contributed by atoms with van der Waals surface area (Å²) in [4.78, 5) is 16.3. The summed E-state index contributed by atoms with van der Waals surface area (Å²) in [5.41, 5.74) is 5.43. The maximum Gasteiger partial charge on any atom is 0.597 e. The SMILES string of the molecule is Cc1ccc(C2c3[nH]c4ccc(Cl)cc4c3CC=[N+]2C(=O)OC(C)C)cc1. The summed E-state index contributed by atoms with van der Waals surface area (Å²) in [6.07, 6.45) is 2.06. The van der Waals surface area contributed by atoms with Gasteiger partial charge in [0.05, 0.1) is 12.1 Å². The van der Waals surface area contributed by atoms with E-state index in [0.29, 0.717) is 11.4 Å². The molecule has 1 unspecified atom stereocenters. The zero-order chi connectivity index (χ0) is 19.1. The van der Waals surface area contributed by atoms with Crippen molar-refractivity contribution in [1.29, 1.82) is 0 Å². The van der Waals surface area contributed by atoms with Gasteiger partial charge < -0.3 is 9.72 Å². The van der Waals surface area contributed by atoms with Crippen LogP contribution in [0.4, 0.5) is 4.79 Å². The molecule has 0 saturated heterocycles. The molecule has 1 N–H and O–H groups in total. The van der Waals surface area contributed by atoms with Crippen molar-refractivity contribution in [2.45, 2.75) is 39.3 Å². The van der Waals surface area contributed by atoms with Gasteiger partial charge in [0.1, 0.15) is 6.10 Å². The largest absolute Gasteiger partial charge is 0.597 e. The van der Waals surface area contributed by atoms with Gasteiger partial charge in [-0.25, -0.2) is 0 Å². The maximum absolute atomic E-state index is 12.8. The number of aromatic amines is 1. The van der Waals surface area contributed by atoms with Crippen LogP contribution in [0.15, 0.2) is 42.5 Å². The third-order valence-corrected chi connectivity index (χ3v) is 5.12. The van der Waals surface area contributed by atoms with E-state index in [4.69, 9.17) is 16.3 Å². The molecule has 1 aliphatic heterocycles. The number of aromatic nitrogens is 1. The van der Waals surface area contributed by atoms with Crippen LogP contribution in [0.5, 0.6) is 0 Å². The van der Waals surface area contributed by atoms with Crippen LogP contribution in [0.1, 0.15) is 42.3 Å². The molecule has 4 nitrogen and oxygen atoms in total. The van der Waals surface area contributed by atoms with E-state index in [1.54, 1.807) is 4.58 Å². The third kappa shape index (κ3) is 3.26. The number of halogens is 1. The topological polar surface area (TPSA) is 45.1 Å². The number of H-pyrrole nitrogens is 1. The highest BCUT2D eigenvalue weighted by molar-refractivity contribution is 6.31. The normalized spacial score (nSPS) is 16.3. The molecule has 1 aromatic heterocycles. The minimum atomic E-state index is -0.335. The average molecular weight is 382 g/mol. The highest BCUT2D eigenvalue weighted by atomic mass is 35.5. The monoisotopic (exact) mass is 381 g/mol. The van der Waals surface area contributed by atoms with Crippen LogP contribution >= 0.6 is 11.6 Å². The second-order valence-electron chi connectivity index (χ2n) is 7.25. The zero-order valence-corrected chi connectivity index (χ0v) is 16.4. The fourth-order valence-corrected chi connectivity index (χ4v) is 3.82. The summed E-state index contributed by atoms with van der Waals surface area (Å²) in [5, 5.41) is 1.81. The van der Waals surface area contributed by atoms with Gasteiger partial charge in [-0.1, -0.05) is 41.4 Å². The Morgan fingerprint density at radius 2 is 1.96 bits per heavy atom. The Hall–Kier alpha value is -2.59. The van der Waals surface area contributed by atoms with Crippen LogP contribution in [-0.2, 0) is 11.2 Å². The summed E-state index contributed by atoms with van der Waals surface area (Å²) in [6.45, 7) is 5.77. The van der Waals surface area contributed by atoms with E-state index in [1.165, 1.54) is 11.1 Å². The van der Waals surface area contributed by atoms with Gasteiger partial charge in [-0.05, 0) is 44.5 Å². The molecular weight excluding hydrogens is 360 g/mol. The van der Waals surface area contributed by atoms with Crippen molar-refractivity contribution >= 4 is 34.8 Å². The van der Waals surface area contributed by atoms with Gasteiger partial charge in [-0.3, -0.25) is 0 Å². The number of nitrogens with one attached hydrogen (secondary N) is 1. The Kier molecular flexibility index (Phi) is 4.52. The Morgan fingerprint density at radius 1 is 1.22 bits per heavy atom. The van der Waals surface area contributed by atoms with Gasteiger partial charge in [0, 0.05) is 21.5 Å². The van der Waals surface area contributed by atoms with Crippen molar-refractivity contribution in [3.63, 3.8) is 0 Å². The van der Waals surface area contributed by atoms with Gasteiger partial charge in [0.15, 0.2) is 6.21 Å². The Bertz CT molecular complexity index is 1050. The highest BCUT2D eigenvalue weighted by Gasteiger charge is 2.39. The second kappa shape index (κ2) is 6.86. The van der Waals surface area contributed by atoms with Gasteiger partial charge in [0.25, 0.3) is 0 Å². The first-order chi connectivity index (χ1) is 12.9. The molecule has 3 aromatic rings. The standard InChI is InChI=1S/C22H22ClN2O2/c1-13(2)27-22(26)25-11-10-17-18-12-16(23)8-9-19(18)24-20(17)21(25)15-6-4-14(3)5-7-15/h4-9,11-13,21,24H,10H2,1-3H3/q+1. The molecule has 5 heteroatoms. The smallest absolute Gasteiger partial charge is 0.409 e. The van der Waals surface area contributed by atoms with Crippen molar-refractivity contribution in [3.05, 3.63) is 69.9 Å². The number of rotatable bonds is 2. The van der Waals surface area contributed by atoms with E-state index in [2.05, 4.69) is 36.2 Å². The van der Waals surface area contributed by atoms with Gasteiger partial charge in [0.2, 0.25) is 6.04 Å². The number of carbonyl (C=O) groups excluding carboxylic acids is 1. The third-order valence-electron chi connectivity index (χ3n) is 4.89. The predicted molar refractivity (Wildman–Crippen MR) is 108 cm³/mol. The number of nitrogens with zero attached hydrogens (tertiary/aromatic N) is 1. The highest BCUT2D eigenvalue weighted by Crippen LogP contribution is 2.36. The van der Waals surface area contributed by atoms with Crippen LogP contribution in [0, 0.1) is 6.92 Å². The Balaban J connectivity index is 1.88. The van der Waals surface area contributed by atoms with E-state index >= 15 is 0 Å². The molecule has 2 heterocycles. The van der Waals surface area contributed by atoms with Gasteiger partial charge >= 0.3 is 6.09 Å². The maximum atomic E-state index is 12.8. The van der Waals surface area contributed by atoms with Crippen LogP contribution in [-0.4, -0.2) is 28.0 Å². The lowest BCUT2D eigenvalue weighted by molar-refractivity contribution is -0.483. The number of fused-ring (bicyclic) bond motifs is 3. The molecule has 0 radical (unpaired) electrons. The molecule has 0 fully saturated rings.